The zero-order valence-corrected chi connectivity index (χ0v) is 13.2. The Balaban J connectivity index is 1.76. The van der Waals surface area contributed by atoms with Crippen LogP contribution in [0.5, 0.6) is 0 Å². The molecule has 2 fully saturated rings. The Bertz CT molecular complexity index is 628. The molecule has 2 aliphatic rings. The molecule has 1 aliphatic carbocycles. The van der Waals surface area contributed by atoms with Gasteiger partial charge in [0.15, 0.2) is 0 Å². The van der Waals surface area contributed by atoms with Crippen molar-refractivity contribution >= 4 is 17.5 Å². The van der Waals surface area contributed by atoms with Gasteiger partial charge in [0.25, 0.3) is 5.91 Å². The average Bonchev–Trinajstić information content (AvgIpc) is 3.14. The number of para-hydroxylation sites is 1. The number of carbonyl (C=O) groups is 2. The highest BCUT2D eigenvalue weighted by molar-refractivity contribution is 6.02. The van der Waals surface area contributed by atoms with Crippen LogP contribution >= 0.6 is 0 Å². The first-order chi connectivity index (χ1) is 10.9. The van der Waals surface area contributed by atoms with E-state index in [2.05, 4.69) is 0 Å². The second-order valence-corrected chi connectivity index (χ2v) is 6.40. The zero-order valence-electron chi connectivity index (χ0n) is 13.2. The van der Waals surface area contributed by atoms with Gasteiger partial charge in [-0.3, -0.25) is 9.59 Å². The predicted molar refractivity (Wildman–Crippen MR) is 83.3 cm³/mol. The van der Waals surface area contributed by atoms with E-state index in [9.17, 15) is 19.1 Å². The maximum absolute atomic E-state index is 13.9. The van der Waals surface area contributed by atoms with Gasteiger partial charge in [-0.25, -0.2) is 4.39 Å². The van der Waals surface area contributed by atoms with Crippen molar-refractivity contribution in [3.63, 3.8) is 0 Å². The summed E-state index contributed by atoms with van der Waals surface area (Å²) in [6.45, 7) is 0.362. The van der Waals surface area contributed by atoms with Gasteiger partial charge in [0, 0.05) is 13.6 Å². The van der Waals surface area contributed by atoms with Gasteiger partial charge in [-0.05, 0) is 44.2 Å². The van der Waals surface area contributed by atoms with Crippen molar-refractivity contribution in [1.29, 1.82) is 0 Å². The van der Waals surface area contributed by atoms with Crippen LogP contribution in [-0.2, 0) is 9.59 Å². The average molecular weight is 320 g/mol. The number of carbonyl (C=O) groups excluding carboxylic acids is 2. The third-order valence-electron chi connectivity index (χ3n) is 4.94. The normalized spacial score (nSPS) is 23.3. The van der Waals surface area contributed by atoms with Gasteiger partial charge in [-0.1, -0.05) is 12.1 Å². The van der Waals surface area contributed by atoms with E-state index in [0.717, 1.165) is 12.8 Å². The lowest BCUT2D eigenvalue weighted by Crippen LogP contribution is -2.52. The highest BCUT2D eigenvalue weighted by atomic mass is 19.1. The van der Waals surface area contributed by atoms with E-state index in [1.54, 1.807) is 25.2 Å². The summed E-state index contributed by atoms with van der Waals surface area (Å²) in [5.74, 6) is -1.15. The molecule has 5 nitrogen and oxygen atoms in total. The minimum atomic E-state index is -1.35. The van der Waals surface area contributed by atoms with Gasteiger partial charge in [-0.2, -0.15) is 0 Å². The first-order valence-electron chi connectivity index (χ1n) is 7.99. The predicted octanol–water partition coefficient (Wildman–Crippen LogP) is 1.69. The first-order valence-corrected chi connectivity index (χ1v) is 7.99. The Hall–Kier alpha value is -1.95. The van der Waals surface area contributed by atoms with E-state index in [1.165, 1.54) is 15.9 Å². The fourth-order valence-corrected chi connectivity index (χ4v) is 3.58. The second-order valence-electron chi connectivity index (χ2n) is 6.40. The van der Waals surface area contributed by atoms with Crippen molar-refractivity contribution in [2.45, 2.75) is 43.7 Å². The lowest BCUT2D eigenvalue weighted by molar-refractivity contribution is -0.153. The summed E-state index contributed by atoms with van der Waals surface area (Å²) in [6.07, 6.45) is 2.94. The Labute approximate surface area is 134 Å². The number of likely N-dealkylation sites (N-methyl/N-ethyl adjacent to an activating group) is 1. The number of nitrogens with zero attached hydrogens (tertiary/aromatic N) is 2. The monoisotopic (exact) mass is 320 g/mol. The van der Waals surface area contributed by atoms with E-state index in [-0.39, 0.29) is 11.6 Å². The van der Waals surface area contributed by atoms with Crippen molar-refractivity contribution in [1.82, 2.24) is 4.90 Å². The topological polar surface area (TPSA) is 60.9 Å². The highest BCUT2D eigenvalue weighted by Gasteiger charge is 2.45. The van der Waals surface area contributed by atoms with E-state index >= 15 is 0 Å². The molecule has 0 radical (unpaired) electrons. The molecule has 6 heteroatoms. The number of anilines is 1. The molecule has 1 aliphatic heterocycles. The Morgan fingerprint density at radius 3 is 2.65 bits per heavy atom. The molecule has 1 aromatic rings. The Kier molecular flexibility index (Phi) is 4.10. The molecule has 1 saturated carbocycles. The lowest BCUT2D eigenvalue weighted by Gasteiger charge is -2.31. The minimum Gasteiger partial charge on any atom is -0.380 e. The number of hydrogen-bond donors (Lipinski definition) is 1. The number of halogens is 1. The molecule has 1 N–H and O–H groups in total. The van der Waals surface area contributed by atoms with Crippen molar-refractivity contribution in [2.24, 2.45) is 0 Å². The van der Waals surface area contributed by atoms with E-state index in [4.69, 9.17) is 0 Å². The molecule has 124 valence electrons. The summed E-state index contributed by atoms with van der Waals surface area (Å²) in [6, 6.07) is 5.47. The van der Waals surface area contributed by atoms with Crippen molar-refractivity contribution in [2.75, 3.05) is 18.5 Å². The minimum absolute atomic E-state index is 0.237. The third kappa shape index (κ3) is 2.72. The van der Waals surface area contributed by atoms with Crippen LogP contribution in [0.15, 0.2) is 24.3 Å². The summed E-state index contributed by atoms with van der Waals surface area (Å²) < 4.78 is 13.9. The van der Waals surface area contributed by atoms with Crippen LogP contribution in [0.2, 0.25) is 0 Å². The number of benzene rings is 1. The number of aliphatic hydroxyl groups is 1. The van der Waals surface area contributed by atoms with E-state index < -0.39 is 23.4 Å². The molecule has 1 saturated heterocycles. The van der Waals surface area contributed by atoms with E-state index in [0.29, 0.717) is 25.8 Å². The molecule has 0 bridgehead atoms. The molecule has 3 rings (SSSR count). The van der Waals surface area contributed by atoms with Crippen molar-refractivity contribution in [3.05, 3.63) is 30.1 Å². The van der Waals surface area contributed by atoms with Crippen LogP contribution in [0.3, 0.4) is 0 Å². The molecule has 2 amide bonds. The molecule has 0 aromatic heterocycles. The molecule has 23 heavy (non-hydrogen) atoms. The highest BCUT2D eigenvalue weighted by Crippen LogP contribution is 2.33. The molecule has 1 atom stereocenters. The van der Waals surface area contributed by atoms with Crippen LogP contribution < -0.4 is 4.90 Å². The summed E-state index contributed by atoms with van der Waals surface area (Å²) in [5, 5.41) is 10.4. The maximum Gasteiger partial charge on any atom is 0.254 e. The standard InChI is InChI=1S/C17H21FN2O3/c1-19(16(22)17(23)9-4-5-10-17)14-8-11-20(15(14)21)13-7-3-2-6-12(13)18/h2-3,6-7,14,23H,4-5,8-11H2,1H3. The van der Waals surface area contributed by atoms with Gasteiger partial charge < -0.3 is 14.9 Å². The maximum atomic E-state index is 13.9. The first kappa shape index (κ1) is 15.9. The van der Waals surface area contributed by atoms with Crippen molar-refractivity contribution < 1.29 is 19.1 Å². The van der Waals surface area contributed by atoms with Gasteiger partial charge in [0.1, 0.15) is 17.5 Å². The van der Waals surface area contributed by atoms with Gasteiger partial charge in [0.2, 0.25) is 5.91 Å². The van der Waals surface area contributed by atoms with Crippen molar-refractivity contribution in [3.8, 4) is 0 Å². The van der Waals surface area contributed by atoms with Crippen LogP contribution in [0.4, 0.5) is 10.1 Å². The molecular weight excluding hydrogens is 299 g/mol. The zero-order chi connectivity index (χ0) is 16.6. The largest absolute Gasteiger partial charge is 0.380 e. The van der Waals surface area contributed by atoms with Gasteiger partial charge >= 0.3 is 0 Å². The fraction of sp³-hybridized carbons (Fsp3) is 0.529. The molecule has 1 heterocycles. The summed E-state index contributed by atoms with van der Waals surface area (Å²) >= 11 is 0. The van der Waals surface area contributed by atoms with Crippen LogP contribution in [-0.4, -0.2) is 47.1 Å². The quantitative estimate of drug-likeness (QED) is 0.922. The van der Waals surface area contributed by atoms with Crippen LogP contribution in [0.25, 0.3) is 0 Å². The van der Waals surface area contributed by atoms with Crippen LogP contribution in [0.1, 0.15) is 32.1 Å². The molecular formula is C17H21FN2O3. The Morgan fingerprint density at radius 1 is 1.35 bits per heavy atom. The third-order valence-corrected chi connectivity index (χ3v) is 4.94. The van der Waals surface area contributed by atoms with Gasteiger partial charge in [-0.15, -0.1) is 0 Å². The molecule has 0 spiro atoms. The summed E-state index contributed by atoms with van der Waals surface area (Å²) in [5.41, 5.74) is -1.11. The number of rotatable bonds is 3. The second kappa shape index (κ2) is 5.92. The number of hydrogen-bond acceptors (Lipinski definition) is 3. The van der Waals surface area contributed by atoms with Gasteiger partial charge in [0.05, 0.1) is 5.69 Å². The Morgan fingerprint density at radius 2 is 2.00 bits per heavy atom. The van der Waals surface area contributed by atoms with E-state index in [1.807, 2.05) is 0 Å². The lowest BCUT2D eigenvalue weighted by atomic mass is 9.99. The summed E-state index contributed by atoms with van der Waals surface area (Å²) in [7, 11) is 1.55. The fourth-order valence-electron chi connectivity index (χ4n) is 3.58. The summed E-state index contributed by atoms with van der Waals surface area (Å²) in [4.78, 5) is 27.9. The molecule has 1 aromatic carbocycles. The number of amides is 2. The van der Waals surface area contributed by atoms with Crippen LogP contribution in [0, 0.1) is 5.82 Å². The smallest absolute Gasteiger partial charge is 0.254 e. The molecule has 1 unspecified atom stereocenters. The SMILES string of the molecule is CN(C(=O)C1(O)CCCC1)C1CCN(c2ccccc2F)C1=O.